The summed E-state index contributed by atoms with van der Waals surface area (Å²) in [5.74, 6) is 0. The molecule has 88 valence electrons. The number of nitrogens with one attached hydrogen (secondary N) is 2. The van der Waals surface area contributed by atoms with Gasteiger partial charge in [0.1, 0.15) is 5.69 Å². The van der Waals surface area contributed by atoms with E-state index >= 15 is 0 Å². The molecule has 0 fully saturated rings. The van der Waals surface area contributed by atoms with E-state index < -0.39 is 0 Å². The summed E-state index contributed by atoms with van der Waals surface area (Å²) in [6.07, 6.45) is 0. The van der Waals surface area contributed by atoms with E-state index in [4.69, 9.17) is 23.2 Å². The fraction of sp³-hybridized carbons (Fsp3) is 0.100. The maximum atomic E-state index is 11.3. The van der Waals surface area contributed by atoms with Crippen LogP contribution in [0.25, 0.3) is 0 Å². The van der Waals surface area contributed by atoms with Gasteiger partial charge >= 0.3 is 0 Å². The number of H-pyrrole nitrogens is 2. The lowest BCUT2D eigenvalue weighted by molar-refractivity contribution is 1.02. The SMILES string of the molecule is Cc1[nH][nH]c(=O)c1N=Nc1cc(Cl)ccc1Cl. The molecule has 0 saturated heterocycles. The fourth-order valence-electron chi connectivity index (χ4n) is 1.23. The highest BCUT2D eigenvalue weighted by Gasteiger charge is 2.05. The lowest BCUT2D eigenvalue weighted by atomic mass is 10.3. The van der Waals surface area contributed by atoms with Crippen molar-refractivity contribution < 1.29 is 0 Å². The molecule has 0 atom stereocenters. The van der Waals surface area contributed by atoms with Crippen molar-refractivity contribution in [3.8, 4) is 0 Å². The number of rotatable bonds is 2. The van der Waals surface area contributed by atoms with Gasteiger partial charge in [-0.2, -0.15) is 0 Å². The number of hydrogen-bond donors (Lipinski definition) is 2. The Hall–Kier alpha value is -1.59. The van der Waals surface area contributed by atoms with E-state index in [0.29, 0.717) is 21.4 Å². The minimum absolute atomic E-state index is 0.223. The van der Waals surface area contributed by atoms with Crippen LogP contribution in [0.5, 0.6) is 0 Å². The van der Waals surface area contributed by atoms with Crippen molar-refractivity contribution in [1.82, 2.24) is 10.2 Å². The molecule has 17 heavy (non-hydrogen) atoms. The van der Waals surface area contributed by atoms with E-state index in [0.717, 1.165) is 0 Å². The average Bonchev–Trinajstić information content (AvgIpc) is 2.61. The van der Waals surface area contributed by atoms with E-state index in [-0.39, 0.29) is 11.2 Å². The Kier molecular flexibility index (Phi) is 3.31. The van der Waals surface area contributed by atoms with Gasteiger partial charge in [0.05, 0.1) is 10.7 Å². The molecule has 2 aromatic rings. The monoisotopic (exact) mass is 270 g/mol. The predicted molar refractivity (Wildman–Crippen MR) is 66.8 cm³/mol. The maximum Gasteiger partial charge on any atom is 0.291 e. The Labute approximate surface area is 106 Å². The van der Waals surface area contributed by atoms with Gasteiger partial charge in [-0.05, 0) is 25.1 Å². The first-order chi connectivity index (χ1) is 8.08. The second-order valence-electron chi connectivity index (χ2n) is 3.35. The summed E-state index contributed by atoms with van der Waals surface area (Å²) in [6, 6.07) is 4.84. The number of nitrogens with zero attached hydrogens (tertiary/aromatic N) is 2. The molecule has 1 heterocycles. The molecule has 2 N–H and O–H groups in total. The van der Waals surface area contributed by atoms with E-state index in [9.17, 15) is 4.79 Å². The standard InChI is InChI=1S/C10H8Cl2N4O/c1-5-9(10(17)16-13-5)15-14-8-4-6(11)2-3-7(8)12/h2-4H,1H3,(H2,13,16,17). The Balaban J connectivity index is 2.39. The van der Waals surface area contributed by atoms with Gasteiger partial charge in [0, 0.05) is 5.02 Å². The summed E-state index contributed by atoms with van der Waals surface area (Å²) in [4.78, 5) is 11.3. The van der Waals surface area contributed by atoms with Crippen LogP contribution in [0.3, 0.4) is 0 Å². The number of aryl methyl sites for hydroxylation is 1. The molecule has 0 amide bonds. The van der Waals surface area contributed by atoms with Gasteiger partial charge in [-0.1, -0.05) is 23.2 Å². The van der Waals surface area contributed by atoms with Crippen molar-refractivity contribution in [2.24, 2.45) is 10.2 Å². The minimum atomic E-state index is -0.329. The first-order valence-corrected chi connectivity index (χ1v) is 5.47. The second-order valence-corrected chi connectivity index (χ2v) is 4.19. The first kappa shape index (κ1) is 11.9. The quantitative estimate of drug-likeness (QED) is 0.802. The van der Waals surface area contributed by atoms with E-state index in [2.05, 4.69) is 20.4 Å². The highest BCUT2D eigenvalue weighted by Crippen LogP contribution is 2.29. The number of hydrogen-bond acceptors (Lipinski definition) is 3. The highest BCUT2D eigenvalue weighted by molar-refractivity contribution is 6.35. The van der Waals surface area contributed by atoms with Crippen molar-refractivity contribution in [2.45, 2.75) is 6.92 Å². The largest absolute Gasteiger partial charge is 0.300 e. The smallest absolute Gasteiger partial charge is 0.291 e. The molecule has 5 nitrogen and oxygen atoms in total. The number of aromatic nitrogens is 2. The molecule has 0 spiro atoms. The van der Waals surface area contributed by atoms with E-state index in [1.54, 1.807) is 25.1 Å². The molecule has 0 radical (unpaired) electrons. The average molecular weight is 271 g/mol. The predicted octanol–water partition coefficient (Wildman–Crippen LogP) is 3.73. The fourth-order valence-corrected chi connectivity index (χ4v) is 1.55. The van der Waals surface area contributed by atoms with E-state index in [1.165, 1.54) is 0 Å². The summed E-state index contributed by atoms with van der Waals surface area (Å²) in [5.41, 5.74) is 0.918. The Morgan fingerprint density at radius 1 is 1.18 bits per heavy atom. The molecule has 0 aliphatic carbocycles. The minimum Gasteiger partial charge on any atom is -0.300 e. The Bertz CT molecular complexity index is 629. The summed E-state index contributed by atoms with van der Waals surface area (Å²) < 4.78 is 0. The van der Waals surface area contributed by atoms with Crippen LogP contribution in [0, 0.1) is 6.92 Å². The van der Waals surface area contributed by atoms with Crippen LogP contribution in [0.4, 0.5) is 11.4 Å². The molecule has 7 heteroatoms. The lowest BCUT2D eigenvalue weighted by Gasteiger charge is -1.96. The number of benzene rings is 1. The normalized spacial score (nSPS) is 11.2. The van der Waals surface area contributed by atoms with Gasteiger partial charge in [0.2, 0.25) is 0 Å². The van der Waals surface area contributed by atoms with Crippen molar-refractivity contribution in [2.75, 3.05) is 0 Å². The van der Waals surface area contributed by atoms with E-state index in [1.807, 2.05) is 0 Å². The topological polar surface area (TPSA) is 73.4 Å². The molecule has 0 unspecified atom stereocenters. The van der Waals surface area contributed by atoms with Crippen LogP contribution in [-0.4, -0.2) is 10.2 Å². The zero-order valence-corrected chi connectivity index (χ0v) is 10.3. The molecule has 0 saturated carbocycles. The lowest BCUT2D eigenvalue weighted by Crippen LogP contribution is -1.96. The zero-order valence-electron chi connectivity index (χ0n) is 8.79. The van der Waals surface area contributed by atoms with Crippen LogP contribution < -0.4 is 5.56 Å². The molecule has 0 aliphatic rings. The molecular formula is C10H8Cl2N4O. The number of azo groups is 1. The van der Waals surface area contributed by atoms with Crippen molar-refractivity contribution in [3.05, 3.63) is 44.3 Å². The summed E-state index contributed by atoms with van der Waals surface area (Å²) in [6.45, 7) is 1.71. The third kappa shape index (κ3) is 2.57. The van der Waals surface area contributed by atoms with Crippen LogP contribution in [0.2, 0.25) is 10.0 Å². The van der Waals surface area contributed by atoms with Crippen molar-refractivity contribution in [3.63, 3.8) is 0 Å². The molecular weight excluding hydrogens is 263 g/mol. The zero-order chi connectivity index (χ0) is 12.4. The Morgan fingerprint density at radius 2 is 1.94 bits per heavy atom. The van der Waals surface area contributed by atoms with Crippen molar-refractivity contribution in [1.29, 1.82) is 0 Å². The van der Waals surface area contributed by atoms with Gasteiger partial charge in [-0.25, -0.2) is 0 Å². The summed E-state index contributed by atoms with van der Waals surface area (Å²) >= 11 is 11.7. The summed E-state index contributed by atoms with van der Waals surface area (Å²) in [5, 5.41) is 13.7. The number of halogens is 2. The van der Waals surface area contributed by atoms with Crippen LogP contribution in [-0.2, 0) is 0 Å². The van der Waals surface area contributed by atoms with Gasteiger partial charge in [-0.3, -0.25) is 9.89 Å². The van der Waals surface area contributed by atoms with Gasteiger partial charge < -0.3 is 5.10 Å². The maximum absolute atomic E-state index is 11.3. The number of aromatic amines is 2. The second kappa shape index (κ2) is 4.73. The van der Waals surface area contributed by atoms with Crippen molar-refractivity contribution >= 4 is 34.6 Å². The molecule has 1 aromatic heterocycles. The third-order valence-corrected chi connectivity index (χ3v) is 2.65. The third-order valence-electron chi connectivity index (χ3n) is 2.10. The van der Waals surface area contributed by atoms with Crippen LogP contribution >= 0.6 is 23.2 Å². The van der Waals surface area contributed by atoms with Gasteiger partial charge in [0.25, 0.3) is 5.56 Å². The molecule has 1 aromatic carbocycles. The van der Waals surface area contributed by atoms with Crippen LogP contribution in [0.15, 0.2) is 33.2 Å². The first-order valence-electron chi connectivity index (χ1n) is 4.72. The Morgan fingerprint density at radius 3 is 2.59 bits per heavy atom. The van der Waals surface area contributed by atoms with Gasteiger partial charge in [0.15, 0.2) is 5.69 Å². The summed E-state index contributed by atoms with van der Waals surface area (Å²) in [7, 11) is 0. The molecule has 2 rings (SSSR count). The molecule has 0 aliphatic heterocycles. The van der Waals surface area contributed by atoms with Crippen LogP contribution in [0.1, 0.15) is 5.69 Å². The van der Waals surface area contributed by atoms with Gasteiger partial charge in [-0.15, -0.1) is 10.2 Å². The highest BCUT2D eigenvalue weighted by atomic mass is 35.5. The molecule has 0 bridgehead atoms.